The van der Waals surface area contributed by atoms with Gasteiger partial charge in [0, 0.05) is 10.0 Å². The minimum absolute atomic E-state index is 0.0125. The van der Waals surface area contributed by atoms with Gasteiger partial charge in [0.2, 0.25) is 0 Å². The van der Waals surface area contributed by atoms with Crippen molar-refractivity contribution in [2.45, 2.75) is 0 Å². The van der Waals surface area contributed by atoms with Crippen molar-refractivity contribution in [2.24, 2.45) is 5.10 Å². The normalized spacial score (nSPS) is 10.9. The van der Waals surface area contributed by atoms with Crippen LogP contribution in [0.3, 0.4) is 0 Å². The van der Waals surface area contributed by atoms with E-state index in [0.29, 0.717) is 27.1 Å². The molecule has 0 spiro atoms. The topological polar surface area (TPSA) is 91.9 Å². The number of aromatic carboxylic acids is 1. The number of carboxylic acid groups (broad SMARTS) is 1. The Balaban J connectivity index is 1.72. The molecule has 1 amide bonds. The van der Waals surface area contributed by atoms with Gasteiger partial charge in [-0.2, -0.15) is 5.10 Å². The molecule has 0 unspecified atom stereocenters. The third-order valence-electron chi connectivity index (χ3n) is 3.58. The second kappa shape index (κ2) is 8.20. The zero-order valence-corrected chi connectivity index (χ0v) is 16.0. The number of nitrogens with one attached hydrogen (secondary N) is 1. The summed E-state index contributed by atoms with van der Waals surface area (Å²) in [5.41, 5.74) is 3.42. The van der Waals surface area contributed by atoms with Crippen molar-refractivity contribution >= 4 is 45.6 Å². The van der Waals surface area contributed by atoms with Gasteiger partial charge in [-0.15, -0.1) is 0 Å². The first kappa shape index (κ1) is 18.9. The molecule has 0 saturated heterocycles. The lowest BCUT2D eigenvalue weighted by Crippen LogP contribution is -2.17. The minimum Gasteiger partial charge on any atom is -0.478 e. The standard InChI is InChI=1S/C19H12BrClN2O4/c20-15-4-2-1-3-13(15)18(24)23-22-10-12-6-8-17(27-12)11-5-7-16(21)14(9-11)19(25)26/h1-10H,(H,23,24)(H,25,26)/b22-10-. The number of carboxylic acids is 1. The van der Waals surface area contributed by atoms with Crippen molar-refractivity contribution in [1.82, 2.24) is 5.43 Å². The molecule has 1 heterocycles. The average molecular weight is 448 g/mol. The predicted octanol–water partition coefficient (Wildman–Crippen LogP) is 4.82. The second-order valence-corrected chi connectivity index (χ2v) is 6.64. The average Bonchev–Trinajstić information content (AvgIpc) is 3.11. The quantitative estimate of drug-likeness (QED) is 0.433. The molecule has 6 nitrogen and oxygen atoms in total. The molecular weight excluding hydrogens is 436 g/mol. The van der Waals surface area contributed by atoms with E-state index in [2.05, 4.69) is 26.5 Å². The Kier molecular flexibility index (Phi) is 5.73. The maximum Gasteiger partial charge on any atom is 0.337 e. The predicted molar refractivity (Wildman–Crippen MR) is 105 cm³/mol. The maximum atomic E-state index is 12.1. The van der Waals surface area contributed by atoms with Crippen LogP contribution in [0.15, 0.2) is 68.6 Å². The molecule has 1 aromatic heterocycles. The van der Waals surface area contributed by atoms with Gasteiger partial charge >= 0.3 is 5.97 Å². The van der Waals surface area contributed by atoms with Crippen LogP contribution in [0.1, 0.15) is 26.5 Å². The maximum absolute atomic E-state index is 12.1. The molecule has 8 heteroatoms. The number of furan rings is 1. The van der Waals surface area contributed by atoms with E-state index in [-0.39, 0.29) is 16.5 Å². The van der Waals surface area contributed by atoms with Crippen LogP contribution < -0.4 is 5.43 Å². The van der Waals surface area contributed by atoms with Crippen LogP contribution >= 0.6 is 27.5 Å². The number of hydrogen-bond donors (Lipinski definition) is 2. The lowest BCUT2D eigenvalue weighted by molar-refractivity contribution is 0.0697. The molecule has 0 fully saturated rings. The molecule has 3 aromatic rings. The van der Waals surface area contributed by atoms with Gasteiger partial charge in [-0.05, 0) is 58.4 Å². The first-order valence-corrected chi connectivity index (χ1v) is 8.84. The molecule has 0 radical (unpaired) electrons. The zero-order valence-electron chi connectivity index (χ0n) is 13.6. The summed E-state index contributed by atoms with van der Waals surface area (Å²) < 4.78 is 6.27. The van der Waals surface area contributed by atoms with E-state index in [1.165, 1.54) is 18.3 Å². The summed E-state index contributed by atoms with van der Waals surface area (Å²) in [5, 5.41) is 13.2. The number of carbonyl (C=O) groups excluding carboxylic acids is 1. The molecular formula is C19H12BrClN2O4. The molecule has 0 bridgehead atoms. The van der Waals surface area contributed by atoms with Gasteiger partial charge in [-0.1, -0.05) is 23.7 Å². The Morgan fingerprint density at radius 2 is 1.89 bits per heavy atom. The highest BCUT2D eigenvalue weighted by atomic mass is 79.9. The highest BCUT2D eigenvalue weighted by molar-refractivity contribution is 9.10. The second-order valence-electron chi connectivity index (χ2n) is 5.38. The van der Waals surface area contributed by atoms with Crippen LogP contribution in [0.2, 0.25) is 5.02 Å². The molecule has 3 rings (SSSR count). The number of hydrazone groups is 1. The Morgan fingerprint density at radius 3 is 2.63 bits per heavy atom. The number of amides is 1. The number of nitrogens with zero attached hydrogens (tertiary/aromatic N) is 1. The van der Waals surface area contributed by atoms with Crippen LogP contribution in [-0.4, -0.2) is 23.2 Å². The first-order chi connectivity index (χ1) is 13.0. The Bertz CT molecular complexity index is 1050. The number of benzene rings is 2. The largest absolute Gasteiger partial charge is 0.478 e. The Hall–Kier alpha value is -2.90. The highest BCUT2D eigenvalue weighted by Gasteiger charge is 2.12. The monoisotopic (exact) mass is 446 g/mol. The van der Waals surface area contributed by atoms with Crippen molar-refractivity contribution in [3.63, 3.8) is 0 Å². The lowest BCUT2D eigenvalue weighted by atomic mass is 10.1. The number of hydrogen-bond acceptors (Lipinski definition) is 4. The fraction of sp³-hybridized carbons (Fsp3) is 0. The summed E-state index contributed by atoms with van der Waals surface area (Å²) in [6.07, 6.45) is 1.35. The molecule has 0 atom stereocenters. The summed E-state index contributed by atoms with van der Waals surface area (Å²) in [5.74, 6) is -0.642. The van der Waals surface area contributed by atoms with Crippen molar-refractivity contribution in [1.29, 1.82) is 0 Å². The van der Waals surface area contributed by atoms with Gasteiger partial charge in [0.15, 0.2) is 0 Å². The molecule has 0 aliphatic rings. The van der Waals surface area contributed by atoms with E-state index < -0.39 is 5.97 Å². The minimum atomic E-state index is -1.12. The molecule has 27 heavy (non-hydrogen) atoms. The Labute approximate surface area is 167 Å². The molecule has 2 N–H and O–H groups in total. The van der Waals surface area contributed by atoms with E-state index in [1.807, 2.05) is 0 Å². The smallest absolute Gasteiger partial charge is 0.337 e. The Morgan fingerprint density at radius 1 is 1.11 bits per heavy atom. The summed E-state index contributed by atoms with van der Waals surface area (Å²) >= 11 is 9.17. The van der Waals surface area contributed by atoms with Crippen molar-refractivity contribution in [2.75, 3.05) is 0 Å². The van der Waals surface area contributed by atoms with Crippen molar-refractivity contribution in [3.8, 4) is 11.3 Å². The fourth-order valence-electron chi connectivity index (χ4n) is 2.28. The van der Waals surface area contributed by atoms with Gasteiger partial charge < -0.3 is 9.52 Å². The van der Waals surface area contributed by atoms with Gasteiger partial charge in [-0.3, -0.25) is 4.79 Å². The van der Waals surface area contributed by atoms with Crippen LogP contribution in [0, 0.1) is 0 Å². The van der Waals surface area contributed by atoms with Gasteiger partial charge in [0.25, 0.3) is 5.91 Å². The van der Waals surface area contributed by atoms with Crippen LogP contribution in [0.25, 0.3) is 11.3 Å². The summed E-state index contributed by atoms with van der Waals surface area (Å²) in [4.78, 5) is 23.2. The highest BCUT2D eigenvalue weighted by Crippen LogP contribution is 2.26. The number of rotatable bonds is 5. The van der Waals surface area contributed by atoms with Crippen molar-refractivity contribution < 1.29 is 19.1 Å². The molecule has 0 aliphatic heterocycles. The summed E-state index contributed by atoms with van der Waals surface area (Å²) in [6.45, 7) is 0. The zero-order chi connectivity index (χ0) is 19.4. The first-order valence-electron chi connectivity index (χ1n) is 7.66. The van der Waals surface area contributed by atoms with E-state index in [0.717, 1.165) is 0 Å². The van der Waals surface area contributed by atoms with E-state index in [4.69, 9.17) is 21.1 Å². The number of carbonyl (C=O) groups is 2. The van der Waals surface area contributed by atoms with Gasteiger partial charge in [0.1, 0.15) is 11.5 Å². The van der Waals surface area contributed by atoms with E-state index >= 15 is 0 Å². The third-order valence-corrected chi connectivity index (χ3v) is 4.61. The van der Waals surface area contributed by atoms with Crippen LogP contribution in [-0.2, 0) is 0 Å². The molecule has 0 saturated carbocycles. The molecule has 136 valence electrons. The fourth-order valence-corrected chi connectivity index (χ4v) is 2.94. The van der Waals surface area contributed by atoms with Gasteiger partial charge in [-0.25, -0.2) is 10.2 Å². The summed E-state index contributed by atoms with van der Waals surface area (Å²) in [6, 6.07) is 14.9. The van der Waals surface area contributed by atoms with Crippen molar-refractivity contribution in [3.05, 3.63) is 81.0 Å². The van der Waals surface area contributed by atoms with E-state index in [9.17, 15) is 9.59 Å². The molecule has 0 aliphatic carbocycles. The molecule has 2 aromatic carbocycles. The third kappa shape index (κ3) is 4.45. The van der Waals surface area contributed by atoms with E-state index in [1.54, 1.807) is 42.5 Å². The SMILES string of the molecule is O=C(O)c1cc(-c2ccc(/C=N\NC(=O)c3ccccc3Br)o2)ccc1Cl. The van der Waals surface area contributed by atoms with Crippen LogP contribution in [0.4, 0.5) is 0 Å². The lowest BCUT2D eigenvalue weighted by Gasteiger charge is -2.02. The van der Waals surface area contributed by atoms with Crippen LogP contribution in [0.5, 0.6) is 0 Å². The number of halogens is 2. The summed E-state index contributed by atoms with van der Waals surface area (Å²) in [7, 11) is 0. The van der Waals surface area contributed by atoms with Gasteiger partial charge in [0.05, 0.1) is 22.4 Å².